The molecular formula is C18H18N4O6. The van der Waals surface area contributed by atoms with E-state index in [-0.39, 0.29) is 36.8 Å². The number of rotatable bonds is 3. The average molecular weight is 386 g/mol. The van der Waals surface area contributed by atoms with Crippen molar-refractivity contribution in [1.82, 2.24) is 14.6 Å². The molecule has 28 heavy (non-hydrogen) atoms. The molecule has 10 heteroatoms. The van der Waals surface area contributed by atoms with Crippen LogP contribution in [0.25, 0.3) is 0 Å². The van der Waals surface area contributed by atoms with Gasteiger partial charge in [0.25, 0.3) is 5.56 Å². The highest BCUT2D eigenvalue weighted by atomic mass is 16.7. The van der Waals surface area contributed by atoms with Crippen LogP contribution in [0.1, 0.15) is 36.9 Å². The second-order valence-electron chi connectivity index (χ2n) is 6.49. The number of ether oxygens (including phenoxy) is 2. The summed E-state index contributed by atoms with van der Waals surface area (Å²) < 4.78 is 11.6. The van der Waals surface area contributed by atoms with Gasteiger partial charge in [0.1, 0.15) is 5.56 Å². The molecule has 0 unspecified atom stereocenters. The molecule has 1 amide bonds. The number of hydrazone groups is 1. The number of carbonyl (C=O) groups is 1. The van der Waals surface area contributed by atoms with Crippen LogP contribution in [0.4, 0.5) is 0 Å². The number of fused-ring (bicyclic) bond motifs is 1. The van der Waals surface area contributed by atoms with Crippen LogP contribution in [0.3, 0.4) is 0 Å². The smallest absolute Gasteiger partial charge is 0.330 e. The fourth-order valence-electron chi connectivity index (χ4n) is 3.30. The number of carbonyl (C=O) groups excluding carboxylic acids is 1. The quantitative estimate of drug-likeness (QED) is 0.795. The Morgan fingerprint density at radius 2 is 2.07 bits per heavy atom. The second-order valence-corrected chi connectivity index (χ2v) is 6.49. The van der Waals surface area contributed by atoms with Gasteiger partial charge in [0, 0.05) is 19.9 Å². The van der Waals surface area contributed by atoms with Crippen molar-refractivity contribution in [1.29, 1.82) is 0 Å². The number of aromatic hydroxyl groups is 1. The third kappa shape index (κ3) is 2.73. The summed E-state index contributed by atoms with van der Waals surface area (Å²) in [4.78, 5) is 38.6. The van der Waals surface area contributed by atoms with Gasteiger partial charge in [0.05, 0.1) is 11.8 Å². The van der Waals surface area contributed by atoms with Crippen molar-refractivity contribution in [2.24, 2.45) is 12.1 Å². The van der Waals surface area contributed by atoms with E-state index in [0.29, 0.717) is 11.5 Å². The van der Waals surface area contributed by atoms with E-state index in [4.69, 9.17) is 9.47 Å². The summed E-state index contributed by atoms with van der Waals surface area (Å²) in [6, 6.07) is 4.85. The number of amides is 1. The molecule has 0 aliphatic carbocycles. The SMILES string of the molecule is CCC(=O)N1N=C(c2c(O)n(C)c(=O)[nH]c2=O)C[C@H]1c1ccc2c(c1)OCO2. The molecule has 0 spiro atoms. The van der Waals surface area contributed by atoms with Gasteiger partial charge in [0.2, 0.25) is 18.6 Å². The summed E-state index contributed by atoms with van der Waals surface area (Å²) in [6.45, 7) is 1.84. The Morgan fingerprint density at radius 1 is 1.32 bits per heavy atom. The van der Waals surface area contributed by atoms with Crippen LogP contribution >= 0.6 is 0 Å². The van der Waals surface area contributed by atoms with E-state index < -0.39 is 23.2 Å². The van der Waals surface area contributed by atoms with Gasteiger partial charge in [0.15, 0.2) is 11.5 Å². The zero-order valence-corrected chi connectivity index (χ0v) is 15.3. The van der Waals surface area contributed by atoms with Crippen molar-refractivity contribution in [3.63, 3.8) is 0 Å². The topological polar surface area (TPSA) is 126 Å². The lowest BCUT2D eigenvalue weighted by Gasteiger charge is -2.21. The summed E-state index contributed by atoms with van der Waals surface area (Å²) in [7, 11) is 1.33. The summed E-state index contributed by atoms with van der Waals surface area (Å²) in [5.41, 5.74) is -0.642. The molecule has 4 rings (SSSR count). The van der Waals surface area contributed by atoms with Crippen LogP contribution in [0.5, 0.6) is 17.4 Å². The highest BCUT2D eigenvalue weighted by Gasteiger charge is 2.35. The Balaban J connectivity index is 1.78. The van der Waals surface area contributed by atoms with Crippen molar-refractivity contribution >= 4 is 11.6 Å². The number of nitrogens with one attached hydrogen (secondary N) is 1. The van der Waals surface area contributed by atoms with E-state index in [1.807, 2.05) is 0 Å². The lowest BCUT2D eigenvalue weighted by molar-refractivity contribution is -0.132. The Labute approximate surface area is 158 Å². The minimum atomic E-state index is -0.755. The Hall–Kier alpha value is -3.56. The van der Waals surface area contributed by atoms with Gasteiger partial charge in [-0.1, -0.05) is 13.0 Å². The number of nitrogens with zero attached hydrogens (tertiary/aromatic N) is 3. The van der Waals surface area contributed by atoms with Crippen LogP contribution in [0.2, 0.25) is 0 Å². The largest absolute Gasteiger partial charge is 0.494 e. The first kappa shape index (κ1) is 17.8. The monoisotopic (exact) mass is 386 g/mol. The number of hydrogen-bond acceptors (Lipinski definition) is 7. The van der Waals surface area contributed by atoms with Gasteiger partial charge in [-0.15, -0.1) is 0 Å². The fraction of sp³-hybridized carbons (Fsp3) is 0.333. The summed E-state index contributed by atoms with van der Waals surface area (Å²) in [5, 5.41) is 15.9. The van der Waals surface area contributed by atoms with E-state index >= 15 is 0 Å². The number of hydrogen-bond donors (Lipinski definition) is 2. The molecular weight excluding hydrogens is 368 g/mol. The molecule has 2 N–H and O–H groups in total. The molecule has 0 saturated heterocycles. The first-order valence-electron chi connectivity index (χ1n) is 8.72. The Bertz CT molecular complexity index is 1120. The maximum Gasteiger partial charge on any atom is 0.330 e. The zero-order chi connectivity index (χ0) is 20.0. The van der Waals surface area contributed by atoms with Gasteiger partial charge in [-0.05, 0) is 17.7 Å². The lowest BCUT2D eigenvalue weighted by atomic mass is 9.98. The van der Waals surface area contributed by atoms with Crippen molar-refractivity contribution < 1.29 is 19.4 Å². The molecule has 146 valence electrons. The van der Waals surface area contributed by atoms with E-state index in [1.54, 1.807) is 25.1 Å². The summed E-state index contributed by atoms with van der Waals surface area (Å²) >= 11 is 0. The number of aromatic amines is 1. The first-order chi connectivity index (χ1) is 13.4. The van der Waals surface area contributed by atoms with Gasteiger partial charge < -0.3 is 14.6 Å². The fourth-order valence-corrected chi connectivity index (χ4v) is 3.30. The molecule has 1 atom stereocenters. The maximum atomic E-state index is 12.5. The molecule has 0 radical (unpaired) electrons. The highest BCUT2D eigenvalue weighted by molar-refractivity contribution is 6.04. The van der Waals surface area contributed by atoms with Crippen LogP contribution < -0.4 is 20.7 Å². The summed E-state index contributed by atoms with van der Waals surface area (Å²) in [5.74, 6) is 0.446. The van der Waals surface area contributed by atoms with Crippen LogP contribution in [-0.4, -0.2) is 38.1 Å². The van der Waals surface area contributed by atoms with E-state index in [0.717, 1.165) is 10.1 Å². The molecule has 1 aromatic heterocycles. The van der Waals surface area contributed by atoms with E-state index in [9.17, 15) is 19.5 Å². The molecule has 0 bridgehead atoms. The van der Waals surface area contributed by atoms with Gasteiger partial charge in [-0.25, -0.2) is 9.80 Å². The third-order valence-electron chi connectivity index (χ3n) is 4.83. The van der Waals surface area contributed by atoms with Crippen LogP contribution in [0.15, 0.2) is 32.9 Å². The normalized spacial score (nSPS) is 17.7. The lowest BCUT2D eigenvalue weighted by Crippen LogP contribution is -2.32. The van der Waals surface area contributed by atoms with E-state index in [1.165, 1.54) is 12.1 Å². The summed E-state index contributed by atoms with van der Waals surface area (Å²) in [6.07, 6.45) is 0.410. The minimum absolute atomic E-state index is 0.126. The third-order valence-corrected chi connectivity index (χ3v) is 4.83. The van der Waals surface area contributed by atoms with Crippen LogP contribution in [0, 0.1) is 0 Å². The standard InChI is InChI=1S/C18H18N4O6/c1-3-14(23)22-11(9-4-5-12-13(6-9)28-8-27-12)7-10(20-22)15-16(24)19-18(26)21(2)17(15)25/h4-6,11,25H,3,7-8H2,1-2H3,(H,19,24,26)/t11-/m0/s1. The predicted molar refractivity (Wildman–Crippen MR) is 97.6 cm³/mol. The number of H-pyrrole nitrogens is 1. The molecule has 2 aromatic rings. The Morgan fingerprint density at radius 3 is 2.82 bits per heavy atom. The number of benzene rings is 1. The number of aromatic nitrogens is 2. The molecule has 0 saturated carbocycles. The molecule has 10 nitrogen and oxygen atoms in total. The minimum Gasteiger partial charge on any atom is -0.494 e. The zero-order valence-electron chi connectivity index (χ0n) is 15.3. The molecule has 2 aliphatic rings. The Kier molecular flexibility index (Phi) is 4.17. The van der Waals surface area contributed by atoms with Gasteiger partial charge >= 0.3 is 5.69 Å². The molecule has 2 aliphatic heterocycles. The van der Waals surface area contributed by atoms with Crippen molar-refractivity contribution in [2.75, 3.05) is 6.79 Å². The first-order valence-corrected chi connectivity index (χ1v) is 8.72. The molecule has 0 fully saturated rings. The van der Waals surface area contributed by atoms with Crippen molar-refractivity contribution in [3.8, 4) is 17.4 Å². The molecule has 3 heterocycles. The molecule has 1 aromatic carbocycles. The van der Waals surface area contributed by atoms with Crippen LogP contribution in [-0.2, 0) is 11.8 Å². The van der Waals surface area contributed by atoms with Gasteiger partial charge in [-0.3, -0.25) is 19.1 Å². The predicted octanol–water partition coefficient (Wildman–Crippen LogP) is 0.596. The van der Waals surface area contributed by atoms with Crippen molar-refractivity contribution in [3.05, 3.63) is 50.2 Å². The second kappa shape index (κ2) is 6.55. The maximum absolute atomic E-state index is 12.5. The highest BCUT2D eigenvalue weighted by Crippen LogP contribution is 2.39. The van der Waals surface area contributed by atoms with Gasteiger partial charge in [-0.2, -0.15) is 5.10 Å². The average Bonchev–Trinajstić information content (AvgIpc) is 3.32. The van der Waals surface area contributed by atoms with E-state index in [2.05, 4.69) is 10.1 Å². The van der Waals surface area contributed by atoms with Crippen molar-refractivity contribution in [2.45, 2.75) is 25.8 Å².